The molecule has 6 nitrogen and oxygen atoms in total. The average Bonchev–Trinajstić information content (AvgIpc) is 3.35. The Bertz CT molecular complexity index is 1030. The molecule has 0 N–H and O–H groups in total. The topological polar surface area (TPSA) is 78.9 Å². The van der Waals surface area contributed by atoms with Crippen molar-refractivity contribution in [1.82, 2.24) is 0 Å². The Morgan fingerprint density at radius 2 is 0.391 bits per heavy atom. The molecule has 0 fully saturated rings. The molecule has 0 radical (unpaired) electrons. The maximum Gasteiger partial charge on any atom is 0.306 e. The first-order valence-electron chi connectivity index (χ1n) is 31.5. The van der Waals surface area contributed by atoms with E-state index in [1.54, 1.807) is 0 Å². The lowest BCUT2D eigenvalue weighted by Crippen LogP contribution is -2.30. The molecular formula is C63H122O6. The molecule has 0 aromatic heterocycles. The van der Waals surface area contributed by atoms with Crippen LogP contribution in [0.25, 0.3) is 0 Å². The molecule has 0 aliphatic heterocycles. The van der Waals surface area contributed by atoms with Crippen molar-refractivity contribution in [3.63, 3.8) is 0 Å². The van der Waals surface area contributed by atoms with Gasteiger partial charge in [-0.25, -0.2) is 0 Å². The first kappa shape index (κ1) is 67.4. The van der Waals surface area contributed by atoms with Crippen molar-refractivity contribution < 1.29 is 28.6 Å². The summed E-state index contributed by atoms with van der Waals surface area (Å²) in [4.78, 5) is 37.7. The molecule has 0 spiro atoms. The van der Waals surface area contributed by atoms with E-state index in [9.17, 15) is 14.4 Å². The predicted octanol–water partition coefficient (Wildman–Crippen LogP) is 21.1. The van der Waals surface area contributed by atoms with Gasteiger partial charge >= 0.3 is 17.9 Å². The third kappa shape index (κ3) is 57.2. The summed E-state index contributed by atoms with van der Waals surface area (Å²) in [5, 5.41) is 0. The second-order valence-electron chi connectivity index (χ2n) is 21.7. The zero-order chi connectivity index (χ0) is 50.0. The van der Waals surface area contributed by atoms with Gasteiger partial charge in [0.05, 0.1) is 0 Å². The smallest absolute Gasteiger partial charge is 0.306 e. The Morgan fingerprint density at radius 1 is 0.232 bits per heavy atom. The highest BCUT2D eigenvalue weighted by Crippen LogP contribution is 2.19. The van der Waals surface area contributed by atoms with Crippen molar-refractivity contribution in [1.29, 1.82) is 0 Å². The normalized spacial score (nSPS) is 11.9. The van der Waals surface area contributed by atoms with Gasteiger partial charge in [0.25, 0.3) is 0 Å². The van der Waals surface area contributed by atoms with E-state index in [0.717, 1.165) is 57.8 Å². The van der Waals surface area contributed by atoms with Gasteiger partial charge in [-0.15, -0.1) is 0 Å². The number of carbonyl (C=O) groups excluding carboxylic acids is 3. The summed E-state index contributed by atoms with van der Waals surface area (Å²) in [5.41, 5.74) is 0. The van der Waals surface area contributed by atoms with Gasteiger partial charge in [0.1, 0.15) is 13.2 Å². The maximum absolute atomic E-state index is 12.7. The fourth-order valence-corrected chi connectivity index (χ4v) is 9.86. The highest BCUT2D eigenvalue weighted by Gasteiger charge is 2.19. The minimum atomic E-state index is -0.758. The van der Waals surface area contributed by atoms with Crippen LogP contribution in [0.4, 0.5) is 0 Å². The molecule has 0 heterocycles. The molecular weight excluding hydrogens is 853 g/mol. The van der Waals surface area contributed by atoms with Crippen LogP contribution < -0.4 is 0 Å². The highest BCUT2D eigenvalue weighted by atomic mass is 16.6. The van der Waals surface area contributed by atoms with Crippen LogP contribution in [-0.2, 0) is 28.6 Å². The maximum atomic E-state index is 12.7. The molecule has 0 aromatic carbocycles. The van der Waals surface area contributed by atoms with E-state index in [2.05, 4.69) is 20.8 Å². The van der Waals surface area contributed by atoms with Crippen molar-refractivity contribution in [2.75, 3.05) is 13.2 Å². The third-order valence-electron chi connectivity index (χ3n) is 14.6. The van der Waals surface area contributed by atoms with Crippen LogP contribution in [0.5, 0.6) is 0 Å². The van der Waals surface area contributed by atoms with Crippen LogP contribution >= 0.6 is 0 Å². The van der Waals surface area contributed by atoms with Crippen molar-refractivity contribution in [3.8, 4) is 0 Å². The number of hydrogen-bond donors (Lipinski definition) is 0. The van der Waals surface area contributed by atoms with Gasteiger partial charge in [-0.1, -0.05) is 329 Å². The first-order chi connectivity index (χ1) is 34.0. The Balaban J connectivity index is 3.76. The molecule has 6 heteroatoms. The largest absolute Gasteiger partial charge is 0.462 e. The summed E-state index contributed by atoms with van der Waals surface area (Å²) in [6.45, 7) is 6.62. The van der Waals surface area contributed by atoms with Crippen LogP contribution in [0.3, 0.4) is 0 Å². The number of unbranched alkanes of at least 4 members (excludes halogenated alkanes) is 48. The van der Waals surface area contributed by atoms with Crippen LogP contribution in [0.2, 0.25) is 0 Å². The van der Waals surface area contributed by atoms with E-state index >= 15 is 0 Å². The molecule has 0 aliphatic rings. The van der Waals surface area contributed by atoms with Crippen LogP contribution in [-0.4, -0.2) is 37.2 Å². The Kier molecular flexibility index (Phi) is 57.6. The zero-order valence-corrected chi connectivity index (χ0v) is 47.1. The quantitative estimate of drug-likeness (QED) is 0.0343. The first-order valence-corrected chi connectivity index (χ1v) is 31.5. The van der Waals surface area contributed by atoms with Gasteiger partial charge in [-0.2, -0.15) is 0 Å². The molecule has 0 saturated carbocycles. The minimum Gasteiger partial charge on any atom is -0.462 e. The van der Waals surface area contributed by atoms with Crippen molar-refractivity contribution in [2.24, 2.45) is 0 Å². The summed E-state index contributed by atoms with van der Waals surface area (Å²) in [5.74, 6) is -0.853. The van der Waals surface area contributed by atoms with E-state index < -0.39 is 6.10 Å². The summed E-state index contributed by atoms with van der Waals surface area (Å²) >= 11 is 0. The Hall–Kier alpha value is -1.59. The van der Waals surface area contributed by atoms with Gasteiger partial charge in [0.15, 0.2) is 6.10 Å². The summed E-state index contributed by atoms with van der Waals surface area (Å²) < 4.78 is 16.7. The molecule has 410 valence electrons. The van der Waals surface area contributed by atoms with Gasteiger partial charge in [-0.05, 0) is 19.3 Å². The zero-order valence-electron chi connectivity index (χ0n) is 47.1. The summed E-state index contributed by atoms with van der Waals surface area (Å²) in [6, 6.07) is 0. The number of hydrogen-bond acceptors (Lipinski definition) is 6. The fraction of sp³-hybridized carbons (Fsp3) is 0.952. The Labute approximate surface area is 431 Å². The Morgan fingerprint density at radius 3 is 0.580 bits per heavy atom. The van der Waals surface area contributed by atoms with Crippen molar-refractivity contribution in [2.45, 2.75) is 374 Å². The molecule has 0 amide bonds. The van der Waals surface area contributed by atoms with Crippen molar-refractivity contribution >= 4 is 17.9 Å². The number of carbonyl (C=O) groups is 3. The standard InChI is InChI=1S/C63H122O6/c1-4-7-10-13-16-18-20-21-22-23-24-25-26-27-28-29-30-31-32-33-34-35-36-37-38-39-40-41-42-43-44-46-47-50-53-56-62(65)68-59-60(58-67-61(64)55-52-49-15-12-9-6-3)69-63(66)57-54-51-48-45-19-17-14-11-8-5-2/h60H,4-59H2,1-3H3. The fourth-order valence-electron chi connectivity index (χ4n) is 9.86. The van der Waals surface area contributed by atoms with Crippen LogP contribution in [0.1, 0.15) is 367 Å². The van der Waals surface area contributed by atoms with E-state index in [4.69, 9.17) is 14.2 Å². The highest BCUT2D eigenvalue weighted by molar-refractivity contribution is 5.71. The second-order valence-corrected chi connectivity index (χ2v) is 21.7. The van der Waals surface area contributed by atoms with E-state index in [1.807, 2.05) is 0 Å². The lowest BCUT2D eigenvalue weighted by Gasteiger charge is -2.18. The van der Waals surface area contributed by atoms with Gasteiger partial charge in [0.2, 0.25) is 0 Å². The van der Waals surface area contributed by atoms with E-state index in [1.165, 1.54) is 270 Å². The monoisotopic (exact) mass is 975 g/mol. The molecule has 0 aliphatic carbocycles. The van der Waals surface area contributed by atoms with Gasteiger partial charge in [0, 0.05) is 19.3 Å². The molecule has 1 atom stereocenters. The predicted molar refractivity (Wildman–Crippen MR) is 298 cm³/mol. The molecule has 0 aromatic rings. The average molecular weight is 976 g/mol. The van der Waals surface area contributed by atoms with Crippen LogP contribution in [0, 0.1) is 0 Å². The SMILES string of the molecule is CCCCCCCCCCCCCCCCCCCCCCCCCCCCCCCCCCCCCC(=O)OCC(COC(=O)CCCCCCCC)OC(=O)CCCCCCCCCCCC. The molecule has 1 unspecified atom stereocenters. The van der Waals surface area contributed by atoms with Crippen molar-refractivity contribution in [3.05, 3.63) is 0 Å². The number of rotatable bonds is 59. The van der Waals surface area contributed by atoms with Gasteiger partial charge in [-0.3, -0.25) is 14.4 Å². The molecule has 0 saturated heterocycles. The van der Waals surface area contributed by atoms with Gasteiger partial charge < -0.3 is 14.2 Å². The molecule has 0 rings (SSSR count). The molecule has 0 bridgehead atoms. The van der Waals surface area contributed by atoms with E-state index in [0.29, 0.717) is 19.3 Å². The summed E-state index contributed by atoms with van der Waals surface area (Å²) in [6.07, 6.45) is 67.6. The third-order valence-corrected chi connectivity index (χ3v) is 14.6. The second kappa shape index (κ2) is 59.0. The number of esters is 3. The molecule has 69 heavy (non-hydrogen) atoms. The van der Waals surface area contributed by atoms with Crippen LogP contribution in [0.15, 0.2) is 0 Å². The number of ether oxygens (including phenoxy) is 3. The minimum absolute atomic E-state index is 0.0629. The lowest BCUT2D eigenvalue weighted by molar-refractivity contribution is -0.167. The lowest BCUT2D eigenvalue weighted by atomic mass is 10.0. The van der Waals surface area contributed by atoms with E-state index in [-0.39, 0.29) is 31.1 Å². The summed E-state index contributed by atoms with van der Waals surface area (Å²) in [7, 11) is 0.